The zero-order valence-electron chi connectivity index (χ0n) is 5.47. The minimum Gasteiger partial charge on any atom is -0.317 e. The lowest BCUT2D eigenvalue weighted by Crippen LogP contribution is -2.23. The van der Waals surface area contributed by atoms with Gasteiger partial charge in [-0.15, -0.1) is 0 Å². The van der Waals surface area contributed by atoms with Crippen LogP contribution in [0, 0.1) is 0 Å². The molecule has 0 aliphatic carbocycles. The molecule has 1 aliphatic rings. The highest BCUT2D eigenvalue weighted by molar-refractivity contribution is 7.99. The molecule has 2 N–H and O–H groups in total. The maximum Gasteiger partial charge on any atom is 0.0326 e. The smallest absolute Gasteiger partial charge is 0.0326 e. The molecule has 1 atom stereocenters. The van der Waals surface area contributed by atoms with Gasteiger partial charge in [-0.3, -0.25) is 0 Å². The van der Waals surface area contributed by atoms with Crippen LogP contribution in [0.4, 0.5) is 0 Å². The van der Waals surface area contributed by atoms with Crippen molar-refractivity contribution in [3.05, 3.63) is 0 Å². The SMILES string of the molecule is ONCC1CCCCS1. The van der Waals surface area contributed by atoms with Crippen LogP contribution in [0.15, 0.2) is 0 Å². The molecule has 1 heterocycles. The number of nitrogens with one attached hydrogen (secondary N) is 1. The minimum atomic E-state index is 0.656. The maximum absolute atomic E-state index is 8.36. The third-order valence-corrected chi connectivity index (χ3v) is 2.99. The van der Waals surface area contributed by atoms with Crippen LogP contribution in [0.5, 0.6) is 0 Å². The summed E-state index contributed by atoms with van der Waals surface area (Å²) in [7, 11) is 0. The van der Waals surface area contributed by atoms with Crippen molar-refractivity contribution >= 4 is 11.8 Å². The lowest BCUT2D eigenvalue weighted by molar-refractivity contribution is 0.166. The average molecular weight is 147 g/mol. The Labute approximate surface area is 60.0 Å². The molecule has 3 heteroatoms. The fraction of sp³-hybridized carbons (Fsp3) is 1.00. The van der Waals surface area contributed by atoms with Gasteiger partial charge in [0.2, 0.25) is 0 Å². The van der Waals surface area contributed by atoms with E-state index in [2.05, 4.69) is 5.48 Å². The largest absolute Gasteiger partial charge is 0.317 e. The van der Waals surface area contributed by atoms with Crippen molar-refractivity contribution in [2.75, 3.05) is 12.3 Å². The van der Waals surface area contributed by atoms with E-state index >= 15 is 0 Å². The van der Waals surface area contributed by atoms with Gasteiger partial charge in [-0.25, -0.2) is 5.48 Å². The van der Waals surface area contributed by atoms with E-state index in [1.54, 1.807) is 0 Å². The Bertz CT molecular complexity index is 70.7. The van der Waals surface area contributed by atoms with Crippen molar-refractivity contribution in [2.45, 2.75) is 24.5 Å². The third kappa shape index (κ3) is 2.56. The molecule has 0 aromatic carbocycles. The molecule has 0 amide bonds. The minimum absolute atomic E-state index is 0.656. The van der Waals surface area contributed by atoms with E-state index in [0.717, 1.165) is 6.54 Å². The zero-order valence-corrected chi connectivity index (χ0v) is 6.28. The van der Waals surface area contributed by atoms with Gasteiger partial charge in [-0.05, 0) is 18.6 Å². The van der Waals surface area contributed by atoms with Gasteiger partial charge < -0.3 is 5.21 Å². The topological polar surface area (TPSA) is 32.3 Å². The molecule has 54 valence electrons. The van der Waals surface area contributed by atoms with Crippen LogP contribution in [0.2, 0.25) is 0 Å². The Morgan fingerprint density at radius 3 is 3.00 bits per heavy atom. The number of rotatable bonds is 2. The molecule has 2 nitrogen and oxygen atoms in total. The molecule has 0 aromatic heterocycles. The summed E-state index contributed by atoms with van der Waals surface area (Å²) in [5.41, 5.74) is 2.22. The van der Waals surface area contributed by atoms with Gasteiger partial charge in [-0.1, -0.05) is 6.42 Å². The highest BCUT2D eigenvalue weighted by Crippen LogP contribution is 2.23. The van der Waals surface area contributed by atoms with Crippen molar-refractivity contribution in [1.82, 2.24) is 5.48 Å². The fourth-order valence-corrected chi connectivity index (χ4v) is 2.30. The van der Waals surface area contributed by atoms with Crippen LogP contribution < -0.4 is 5.48 Å². The van der Waals surface area contributed by atoms with Crippen LogP contribution >= 0.6 is 11.8 Å². The van der Waals surface area contributed by atoms with Crippen LogP contribution in [0.1, 0.15) is 19.3 Å². The van der Waals surface area contributed by atoms with Crippen LogP contribution in [-0.2, 0) is 0 Å². The number of hydroxylamine groups is 1. The first-order valence-corrected chi connectivity index (χ1v) is 4.47. The molecule has 0 spiro atoms. The van der Waals surface area contributed by atoms with E-state index < -0.39 is 0 Å². The van der Waals surface area contributed by atoms with Gasteiger partial charge in [0, 0.05) is 11.8 Å². The first-order chi connectivity index (χ1) is 4.43. The van der Waals surface area contributed by atoms with E-state index in [4.69, 9.17) is 5.21 Å². The summed E-state index contributed by atoms with van der Waals surface area (Å²) in [4.78, 5) is 0. The van der Waals surface area contributed by atoms with Gasteiger partial charge in [-0.2, -0.15) is 11.8 Å². The lowest BCUT2D eigenvalue weighted by atomic mass is 10.2. The summed E-state index contributed by atoms with van der Waals surface area (Å²) in [6.45, 7) is 0.755. The van der Waals surface area contributed by atoms with E-state index in [9.17, 15) is 0 Å². The molecule has 0 saturated carbocycles. The molecule has 1 rings (SSSR count). The number of hydrogen-bond acceptors (Lipinski definition) is 3. The Morgan fingerprint density at radius 2 is 2.44 bits per heavy atom. The molecule has 0 radical (unpaired) electrons. The van der Waals surface area contributed by atoms with Crippen molar-refractivity contribution in [1.29, 1.82) is 0 Å². The van der Waals surface area contributed by atoms with Crippen molar-refractivity contribution in [3.63, 3.8) is 0 Å². The summed E-state index contributed by atoms with van der Waals surface area (Å²) in [5, 5.41) is 9.01. The Hall–Kier alpha value is 0.270. The quantitative estimate of drug-likeness (QED) is 0.577. The molecule has 9 heavy (non-hydrogen) atoms. The summed E-state index contributed by atoms with van der Waals surface area (Å²) in [6, 6.07) is 0. The van der Waals surface area contributed by atoms with Crippen LogP contribution in [0.3, 0.4) is 0 Å². The molecule has 1 unspecified atom stereocenters. The van der Waals surface area contributed by atoms with Gasteiger partial charge >= 0.3 is 0 Å². The summed E-state index contributed by atoms with van der Waals surface area (Å²) >= 11 is 1.97. The third-order valence-electron chi connectivity index (χ3n) is 1.59. The van der Waals surface area contributed by atoms with Crippen LogP contribution in [0.25, 0.3) is 0 Å². The maximum atomic E-state index is 8.36. The van der Waals surface area contributed by atoms with Gasteiger partial charge in [0.1, 0.15) is 0 Å². The highest BCUT2D eigenvalue weighted by Gasteiger charge is 2.12. The molecule has 1 saturated heterocycles. The normalized spacial score (nSPS) is 28.3. The van der Waals surface area contributed by atoms with E-state index in [0.29, 0.717) is 5.25 Å². The first-order valence-electron chi connectivity index (χ1n) is 3.42. The number of hydrogen-bond donors (Lipinski definition) is 2. The second kappa shape index (κ2) is 4.14. The second-order valence-electron chi connectivity index (χ2n) is 2.35. The Balaban J connectivity index is 2.08. The fourth-order valence-electron chi connectivity index (χ4n) is 1.07. The monoisotopic (exact) mass is 147 g/mol. The van der Waals surface area contributed by atoms with Crippen molar-refractivity contribution < 1.29 is 5.21 Å². The zero-order chi connectivity index (χ0) is 6.53. The van der Waals surface area contributed by atoms with Gasteiger partial charge in [0.15, 0.2) is 0 Å². The predicted molar refractivity (Wildman–Crippen MR) is 39.9 cm³/mol. The molecule has 1 aliphatic heterocycles. The van der Waals surface area contributed by atoms with E-state index in [1.807, 2.05) is 11.8 Å². The molecular formula is C6H13NOS. The van der Waals surface area contributed by atoms with Crippen molar-refractivity contribution in [2.24, 2.45) is 0 Å². The van der Waals surface area contributed by atoms with Gasteiger partial charge in [0.05, 0.1) is 0 Å². The second-order valence-corrected chi connectivity index (χ2v) is 3.76. The Morgan fingerprint density at radius 1 is 1.56 bits per heavy atom. The van der Waals surface area contributed by atoms with Crippen molar-refractivity contribution in [3.8, 4) is 0 Å². The molecule has 0 bridgehead atoms. The molecule has 0 aromatic rings. The summed E-state index contributed by atoms with van der Waals surface area (Å²) < 4.78 is 0. The van der Waals surface area contributed by atoms with E-state index in [1.165, 1.54) is 25.0 Å². The number of thioether (sulfide) groups is 1. The standard InChI is InChI=1S/C6H13NOS/c8-7-5-6-3-1-2-4-9-6/h6-8H,1-5H2. The summed E-state index contributed by atoms with van der Waals surface area (Å²) in [5.74, 6) is 1.27. The van der Waals surface area contributed by atoms with Gasteiger partial charge in [0.25, 0.3) is 0 Å². The molecular weight excluding hydrogens is 134 g/mol. The Kier molecular flexibility index (Phi) is 3.40. The van der Waals surface area contributed by atoms with E-state index in [-0.39, 0.29) is 0 Å². The predicted octanol–water partition coefficient (Wildman–Crippen LogP) is 1.25. The first kappa shape index (κ1) is 7.38. The average Bonchev–Trinajstić information content (AvgIpc) is 1.91. The highest BCUT2D eigenvalue weighted by atomic mass is 32.2. The van der Waals surface area contributed by atoms with Crippen LogP contribution in [-0.4, -0.2) is 22.8 Å². The summed E-state index contributed by atoms with van der Waals surface area (Å²) in [6.07, 6.45) is 3.95. The lowest BCUT2D eigenvalue weighted by Gasteiger charge is -2.19. The molecule has 1 fully saturated rings.